The second-order valence-electron chi connectivity index (χ2n) is 9.63. The largest absolute Gasteiger partial charge is 0.439 e. The smallest absolute Gasteiger partial charge is 0.417 e. The molecular weight excluding hydrogens is 569 g/mol. The number of carbonyl (C=O) groups is 1. The average Bonchev–Trinajstić information content (AvgIpc) is 2.93. The van der Waals surface area contributed by atoms with Crippen molar-refractivity contribution in [1.82, 2.24) is 14.9 Å². The van der Waals surface area contributed by atoms with Crippen molar-refractivity contribution in [2.45, 2.75) is 19.0 Å². The molecule has 1 aromatic heterocycles. The number of aromatic nitrogens is 2. The molecule has 0 aliphatic carbocycles. The van der Waals surface area contributed by atoms with E-state index >= 15 is 0 Å². The van der Waals surface area contributed by atoms with Crippen molar-refractivity contribution in [2.24, 2.45) is 0 Å². The Bertz CT molecular complexity index is 1500. The Morgan fingerprint density at radius 1 is 0.952 bits per heavy atom. The quantitative estimate of drug-likeness (QED) is 0.152. The number of unbranched alkanes of at least 4 members (excludes halogenated alkanes) is 1. The Morgan fingerprint density at radius 2 is 1.69 bits per heavy atom. The Labute approximate surface area is 246 Å². The first-order valence-electron chi connectivity index (χ1n) is 13.1. The molecule has 4 aromatic rings. The van der Waals surface area contributed by atoms with E-state index in [0.717, 1.165) is 32.0 Å². The van der Waals surface area contributed by atoms with E-state index in [1.165, 1.54) is 18.2 Å². The van der Waals surface area contributed by atoms with Gasteiger partial charge >= 0.3 is 12.2 Å². The van der Waals surface area contributed by atoms with Crippen LogP contribution in [0.5, 0.6) is 11.6 Å². The van der Waals surface area contributed by atoms with Crippen molar-refractivity contribution in [3.8, 4) is 22.8 Å². The van der Waals surface area contributed by atoms with Crippen molar-refractivity contribution in [3.63, 3.8) is 0 Å². The van der Waals surface area contributed by atoms with Gasteiger partial charge in [-0.2, -0.15) is 18.2 Å². The number of nitrogens with zero attached hydrogens (tertiary/aromatic N) is 3. The number of hydrogen-bond donors (Lipinski definition) is 3. The molecule has 0 saturated heterocycles. The summed E-state index contributed by atoms with van der Waals surface area (Å²) in [6.45, 7) is 1.75. The summed E-state index contributed by atoms with van der Waals surface area (Å²) >= 11 is 5.96. The molecule has 0 radical (unpaired) electrons. The highest BCUT2D eigenvalue weighted by Gasteiger charge is 2.34. The zero-order valence-electron chi connectivity index (χ0n) is 23.0. The molecule has 4 rings (SSSR count). The van der Waals surface area contributed by atoms with Crippen LogP contribution in [0.25, 0.3) is 11.1 Å². The minimum Gasteiger partial charge on any atom is -0.439 e. The van der Waals surface area contributed by atoms with Crippen LogP contribution in [0.1, 0.15) is 18.4 Å². The molecule has 1 heterocycles. The second-order valence-corrected chi connectivity index (χ2v) is 10.1. The first-order chi connectivity index (χ1) is 20.1. The molecule has 42 heavy (non-hydrogen) atoms. The van der Waals surface area contributed by atoms with Crippen molar-refractivity contribution < 1.29 is 22.7 Å². The summed E-state index contributed by atoms with van der Waals surface area (Å²) in [4.78, 5) is 23.2. The molecule has 0 unspecified atom stereocenters. The van der Waals surface area contributed by atoms with Crippen molar-refractivity contribution in [3.05, 3.63) is 89.6 Å². The van der Waals surface area contributed by atoms with Gasteiger partial charge in [0.2, 0.25) is 11.8 Å². The Morgan fingerprint density at radius 3 is 2.40 bits per heavy atom. The lowest BCUT2D eigenvalue weighted by Gasteiger charge is -2.16. The SMILES string of the molecule is CN(C)CCCCNc1nccc(Oc2ccc(NC(=O)Nc3ccc(-c4cccc(Cl)c4)c(C(F)(F)F)c3)cc2)n1. The average molecular weight is 599 g/mol. The number of hydrogen-bond acceptors (Lipinski definition) is 6. The molecule has 3 N–H and O–H groups in total. The summed E-state index contributed by atoms with van der Waals surface area (Å²) in [5.41, 5.74) is -0.224. The Balaban J connectivity index is 1.34. The van der Waals surface area contributed by atoms with Crippen LogP contribution < -0.4 is 20.7 Å². The monoisotopic (exact) mass is 598 g/mol. The topological polar surface area (TPSA) is 91.4 Å². The third-order valence-electron chi connectivity index (χ3n) is 6.00. The molecule has 0 fully saturated rings. The van der Waals surface area contributed by atoms with Gasteiger partial charge in [0, 0.05) is 35.2 Å². The first-order valence-corrected chi connectivity index (χ1v) is 13.5. The van der Waals surface area contributed by atoms with E-state index in [4.69, 9.17) is 16.3 Å². The Hall–Kier alpha value is -4.35. The number of nitrogens with one attached hydrogen (secondary N) is 3. The lowest BCUT2D eigenvalue weighted by atomic mass is 9.98. The van der Waals surface area contributed by atoms with Gasteiger partial charge in [0.15, 0.2) is 0 Å². The van der Waals surface area contributed by atoms with Gasteiger partial charge in [-0.25, -0.2) is 9.78 Å². The van der Waals surface area contributed by atoms with Crippen LogP contribution in [0.3, 0.4) is 0 Å². The highest BCUT2D eigenvalue weighted by atomic mass is 35.5. The molecule has 0 spiro atoms. The van der Waals surface area contributed by atoms with Gasteiger partial charge in [0.1, 0.15) is 5.75 Å². The molecule has 0 aliphatic heterocycles. The number of alkyl halides is 3. The van der Waals surface area contributed by atoms with Gasteiger partial charge in [0.25, 0.3) is 0 Å². The molecule has 0 atom stereocenters. The van der Waals surface area contributed by atoms with Crippen LogP contribution in [0, 0.1) is 0 Å². The van der Waals surface area contributed by atoms with Crippen LogP contribution in [0.2, 0.25) is 5.02 Å². The third kappa shape index (κ3) is 9.08. The summed E-state index contributed by atoms with van der Waals surface area (Å²) in [6.07, 6.45) is -1.02. The number of ether oxygens (including phenoxy) is 1. The summed E-state index contributed by atoms with van der Waals surface area (Å²) in [6, 6.07) is 17.1. The fraction of sp³-hybridized carbons (Fsp3) is 0.233. The van der Waals surface area contributed by atoms with Gasteiger partial charge in [-0.15, -0.1) is 0 Å². The predicted octanol–water partition coefficient (Wildman–Crippen LogP) is 8.01. The van der Waals surface area contributed by atoms with Crippen LogP contribution in [-0.4, -0.2) is 48.1 Å². The van der Waals surface area contributed by atoms with E-state index in [0.29, 0.717) is 33.9 Å². The third-order valence-corrected chi connectivity index (χ3v) is 6.23. The number of rotatable bonds is 11. The highest BCUT2D eigenvalue weighted by molar-refractivity contribution is 6.30. The van der Waals surface area contributed by atoms with Crippen LogP contribution >= 0.6 is 11.6 Å². The van der Waals surface area contributed by atoms with E-state index in [2.05, 4.69) is 30.8 Å². The fourth-order valence-electron chi connectivity index (χ4n) is 4.02. The zero-order chi connectivity index (χ0) is 30.1. The summed E-state index contributed by atoms with van der Waals surface area (Å²) in [5, 5.41) is 8.55. The van der Waals surface area contributed by atoms with Gasteiger partial charge in [-0.1, -0.05) is 29.8 Å². The summed E-state index contributed by atoms with van der Waals surface area (Å²) in [7, 11) is 4.07. The minimum absolute atomic E-state index is 0.0172. The molecule has 0 bridgehead atoms. The Kier molecular flexibility index (Phi) is 10.2. The predicted molar refractivity (Wildman–Crippen MR) is 159 cm³/mol. The zero-order valence-corrected chi connectivity index (χ0v) is 23.8. The number of halogens is 4. The maximum absolute atomic E-state index is 13.8. The summed E-state index contributed by atoms with van der Waals surface area (Å²) in [5.74, 6) is 1.28. The van der Waals surface area contributed by atoms with Gasteiger partial charge in [0.05, 0.1) is 5.56 Å². The van der Waals surface area contributed by atoms with E-state index in [1.54, 1.807) is 54.7 Å². The van der Waals surface area contributed by atoms with E-state index in [1.807, 2.05) is 14.1 Å². The molecule has 0 saturated carbocycles. The van der Waals surface area contributed by atoms with E-state index < -0.39 is 17.8 Å². The van der Waals surface area contributed by atoms with Gasteiger partial charge in [-0.3, -0.25) is 0 Å². The maximum Gasteiger partial charge on any atom is 0.417 e. The van der Waals surface area contributed by atoms with Crippen LogP contribution in [0.15, 0.2) is 79.0 Å². The molecule has 0 aliphatic rings. The van der Waals surface area contributed by atoms with Crippen molar-refractivity contribution >= 4 is 35.0 Å². The van der Waals surface area contributed by atoms with Crippen molar-refractivity contribution in [2.75, 3.05) is 43.1 Å². The molecule has 2 amide bonds. The van der Waals surface area contributed by atoms with E-state index in [-0.39, 0.29) is 11.3 Å². The molecule has 12 heteroatoms. The van der Waals surface area contributed by atoms with Crippen LogP contribution in [-0.2, 0) is 6.18 Å². The molecule has 8 nitrogen and oxygen atoms in total. The standard InChI is InChI=1S/C30H30ClF3N6O2/c1-40(2)17-4-3-15-35-28-36-16-14-27(39-28)42-24-11-8-22(9-12-24)37-29(41)38-23-10-13-25(26(19-23)30(32,33)34)20-6-5-7-21(31)18-20/h5-14,16,18-19H,3-4,15,17H2,1-2H3,(H,35,36,39)(H2,37,38,41). The number of benzene rings is 3. The number of urea groups is 1. The minimum atomic E-state index is -4.64. The number of anilines is 3. The fourth-order valence-corrected chi connectivity index (χ4v) is 4.21. The van der Waals surface area contributed by atoms with Crippen molar-refractivity contribution in [1.29, 1.82) is 0 Å². The van der Waals surface area contributed by atoms with Gasteiger partial charge in [-0.05, 0) is 93.1 Å². The first kappa shape index (κ1) is 30.6. The van der Waals surface area contributed by atoms with Crippen LogP contribution in [0.4, 0.5) is 35.3 Å². The van der Waals surface area contributed by atoms with E-state index in [9.17, 15) is 18.0 Å². The lowest BCUT2D eigenvalue weighted by molar-refractivity contribution is -0.137. The second kappa shape index (κ2) is 14.0. The number of carbonyl (C=O) groups excluding carboxylic acids is 1. The lowest BCUT2D eigenvalue weighted by Crippen LogP contribution is -2.20. The maximum atomic E-state index is 13.8. The molecule has 220 valence electrons. The molecule has 3 aromatic carbocycles. The highest BCUT2D eigenvalue weighted by Crippen LogP contribution is 2.39. The summed E-state index contributed by atoms with van der Waals surface area (Å²) < 4.78 is 47.3. The normalized spacial score (nSPS) is 11.3. The van der Waals surface area contributed by atoms with Gasteiger partial charge < -0.3 is 25.6 Å². The molecular formula is C30H30ClF3N6O2. The number of amides is 2.